The summed E-state index contributed by atoms with van der Waals surface area (Å²) in [4.78, 5) is 23.4. The van der Waals surface area contributed by atoms with Crippen molar-refractivity contribution in [2.24, 2.45) is 0 Å². The number of hydrogen-bond acceptors (Lipinski definition) is 4. The molecule has 0 unspecified atom stereocenters. The Bertz CT molecular complexity index is 763. The molecule has 5 nitrogen and oxygen atoms in total. The average Bonchev–Trinajstić information content (AvgIpc) is 2.59. The lowest BCUT2D eigenvalue weighted by Gasteiger charge is -2.08. The van der Waals surface area contributed by atoms with Crippen molar-refractivity contribution in [3.05, 3.63) is 81.9 Å². The smallest absolute Gasteiger partial charge is 0.280 e. The molecule has 0 N–H and O–H groups in total. The molecular weight excluding hydrogens is 306 g/mol. The molecule has 0 aromatic heterocycles. The highest BCUT2D eigenvalue weighted by Crippen LogP contribution is 2.27. The Labute approximate surface area is 140 Å². The van der Waals surface area contributed by atoms with Gasteiger partial charge >= 0.3 is 0 Å². The lowest BCUT2D eigenvalue weighted by molar-refractivity contribution is -0.385. The Morgan fingerprint density at radius 2 is 1.92 bits per heavy atom. The molecule has 24 heavy (non-hydrogen) atoms. The van der Waals surface area contributed by atoms with Gasteiger partial charge in [-0.3, -0.25) is 14.9 Å². The Morgan fingerprint density at radius 3 is 2.46 bits per heavy atom. The molecule has 0 amide bonds. The van der Waals surface area contributed by atoms with E-state index < -0.39 is 10.7 Å². The molecule has 0 heterocycles. The number of nitrogens with zero attached hydrogens (tertiary/aromatic N) is 1. The Kier molecular flexibility index (Phi) is 5.47. The van der Waals surface area contributed by atoms with Crippen molar-refractivity contribution >= 4 is 11.5 Å². The van der Waals surface area contributed by atoms with Gasteiger partial charge in [-0.25, -0.2) is 0 Å². The fourth-order valence-electron chi connectivity index (χ4n) is 2.28. The van der Waals surface area contributed by atoms with Crippen molar-refractivity contribution in [1.82, 2.24) is 0 Å². The van der Waals surface area contributed by atoms with Crippen LogP contribution in [0.3, 0.4) is 0 Å². The Balaban J connectivity index is 2.41. The second-order valence-electron chi connectivity index (χ2n) is 5.64. The minimum Gasteiger partial charge on any atom is -0.490 e. The molecule has 2 aromatic rings. The molecule has 5 heteroatoms. The number of nitro groups is 1. The zero-order valence-electron chi connectivity index (χ0n) is 13.7. The summed E-state index contributed by atoms with van der Waals surface area (Å²) in [6, 6.07) is 11.3. The Morgan fingerprint density at radius 1 is 1.25 bits per heavy atom. The predicted molar refractivity (Wildman–Crippen MR) is 92.8 cm³/mol. The number of ether oxygens (including phenoxy) is 1. The van der Waals surface area contributed by atoms with Gasteiger partial charge in [-0.1, -0.05) is 50.8 Å². The summed E-state index contributed by atoms with van der Waals surface area (Å²) >= 11 is 0. The van der Waals surface area contributed by atoms with Crippen LogP contribution in [0, 0.1) is 10.1 Å². The minimum absolute atomic E-state index is 0.0128. The molecule has 0 aliphatic heterocycles. The maximum absolute atomic E-state index is 12.7. The number of hydrogen-bond donors (Lipinski definition) is 0. The number of carbonyl (C=O) groups excluding carboxylic acids is 1. The van der Waals surface area contributed by atoms with Crippen LogP contribution in [0.25, 0.3) is 0 Å². The maximum atomic E-state index is 12.7. The molecule has 0 fully saturated rings. The van der Waals surface area contributed by atoms with E-state index in [0.717, 1.165) is 5.56 Å². The maximum Gasteiger partial charge on any atom is 0.280 e. The van der Waals surface area contributed by atoms with Gasteiger partial charge in [-0.15, -0.1) is 0 Å². The van der Waals surface area contributed by atoms with Gasteiger partial charge in [0.1, 0.15) is 17.9 Å². The van der Waals surface area contributed by atoms with Crippen LogP contribution < -0.4 is 4.74 Å². The minimum atomic E-state index is -0.562. The molecule has 0 aliphatic rings. The van der Waals surface area contributed by atoms with Gasteiger partial charge in [0.25, 0.3) is 5.69 Å². The van der Waals surface area contributed by atoms with Crippen LogP contribution in [-0.2, 0) is 0 Å². The summed E-state index contributed by atoms with van der Waals surface area (Å²) in [7, 11) is 0. The molecule has 0 saturated heterocycles. The molecule has 2 rings (SSSR count). The van der Waals surface area contributed by atoms with Crippen molar-refractivity contribution in [2.75, 3.05) is 6.61 Å². The number of nitro benzene ring substituents is 1. The quantitative estimate of drug-likeness (QED) is 0.325. The lowest BCUT2D eigenvalue weighted by Crippen LogP contribution is -2.07. The van der Waals surface area contributed by atoms with Gasteiger partial charge in [0, 0.05) is 11.6 Å². The SMILES string of the molecule is C=CCOc1ccc([N+](=O)[O-])c(C(=O)c2ccc(C(C)C)cc2)c1. The second kappa shape index (κ2) is 7.55. The average molecular weight is 325 g/mol. The first-order valence-corrected chi connectivity index (χ1v) is 7.60. The standard InChI is InChI=1S/C19H19NO4/c1-4-11-24-16-9-10-18(20(22)23)17(12-16)19(21)15-7-5-14(6-8-15)13(2)3/h4-10,12-13H,1,11H2,2-3H3. The second-order valence-corrected chi connectivity index (χ2v) is 5.64. The van der Waals surface area contributed by atoms with Gasteiger partial charge < -0.3 is 4.74 Å². The summed E-state index contributed by atoms with van der Waals surface area (Å²) in [6.07, 6.45) is 1.56. The van der Waals surface area contributed by atoms with E-state index in [2.05, 4.69) is 20.4 Å². The monoisotopic (exact) mass is 325 g/mol. The third-order valence-electron chi connectivity index (χ3n) is 3.62. The van der Waals surface area contributed by atoms with E-state index >= 15 is 0 Å². The summed E-state index contributed by atoms with van der Waals surface area (Å²) in [5.41, 5.74) is 1.28. The molecule has 0 atom stereocenters. The summed E-state index contributed by atoms with van der Waals surface area (Å²) < 4.78 is 5.37. The van der Waals surface area contributed by atoms with E-state index in [4.69, 9.17) is 4.74 Å². The first-order chi connectivity index (χ1) is 11.4. The van der Waals surface area contributed by atoms with Gasteiger partial charge in [-0.05, 0) is 23.6 Å². The lowest BCUT2D eigenvalue weighted by atomic mass is 9.97. The van der Waals surface area contributed by atoms with Crippen molar-refractivity contribution < 1.29 is 14.5 Å². The largest absolute Gasteiger partial charge is 0.490 e. The molecule has 0 aliphatic carbocycles. The molecule has 124 valence electrons. The topological polar surface area (TPSA) is 69.4 Å². The van der Waals surface area contributed by atoms with Crippen molar-refractivity contribution in [3.63, 3.8) is 0 Å². The number of carbonyl (C=O) groups is 1. The van der Waals surface area contributed by atoms with E-state index in [9.17, 15) is 14.9 Å². The number of ketones is 1. The Hall–Kier alpha value is -2.95. The fraction of sp³-hybridized carbons (Fsp3) is 0.211. The van der Waals surface area contributed by atoms with E-state index in [1.807, 2.05) is 12.1 Å². The number of rotatable bonds is 7. The molecular formula is C19H19NO4. The highest BCUT2D eigenvalue weighted by Gasteiger charge is 2.22. The third kappa shape index (κ3) is 3.87. The normalized spacial score (nSPS) is 10.5. The van der Waals surface area contributed by atoms with Gasteiger partial charge in [0.05, 0.1) is 4.92 Å². The van der Waals surface area contributed by atoms with Crippen LogP contribution in [0.15, 0.2) is 55.1 Å². The van der Waals surface area contributed by atoms with Crippen LogP contribution in [0.2, 0.25) is 0 Å². The third-order valence-corrected chi connectivity index (χ3v) is 3.62. The first kappa shape index (κ1) is 17.4. The van der Waals surface area contributed by atoms with Crippen LogP contribution in [0.1, 0.15) is 41.3 Å². The van der Waals surface area contributed by atoms with E-state index in [-0.39, 0.29) is 17.9 Å². The van der Waals surface area contributed by atoms with Crippen molar-refractivity contribution in [2.45, 2.75) is 19.8 Å². The summed E-state index contributed by atoms with van der Waals surface area (Å²) in [6.45, 7) is 7.92. The zero-order chi connectivity index (χ0) is 17.7. The molecule has 0 radical (unpaired) electrons. The van der Waals surface area contributed by atoms with Gasteiger partial charge in [0.2, 0.25) is 0 Å². The first-order valence-electron chi connectivity index (χ1n) is 7.60. The van der Waals surface area contributed by atoms with Crippen LogP contribution >= 0.6 is 0 Å². The molecule has 0 spiro atoms. The van der Waals surface area contributed by atoms with E-state index in [0.29, 0.717) is 17.2 Å². The summed E-state index contributed by atoms with van der Waals surface area (Å²) in [5.74, 6) is 0.336. The number of benzene rings is 2. The molecule has 0 saturated carbocycles. The summed E-state index contributed by atoms with van der Waals surface area (Å²) in [5, 5.41) is 11.2. The molecule has 2 aromatic carbocycles. The highest BCUT2D eigenvalue weighted by atomic mass is 16.6. The highest BCUT2D eigenvalue weighted by molar-refractivity contribution is 6.11. The van der Waals surface area contributed by atoms with Gasteiger partial charge in [0.15, 0.2) is 5.78 Å². The molecule has 0 bridgehead atoms. The van der Waals surface area contributed by atoms with Gasteiger partial charge in [-0.2, -0.15) is 0 Å². The fourth-order valence-corrected chi connectivity index (χ4v) is 2.28. The predicted octanol–water partition coefficient (Wildman–Crippen LogP) is 4.51. The van der Waals surface area contributed by atoms with E-state index in [1.54, 1.807) is 18.2 Å². The van der Waals surface area contributed by atoms with E-state index in [1.165, 1.54) is 18.2 Å². The van der Waals surface area contributed by atoms with Crippen molar-refractivity contribution in [1.29, 1.82) is 0 Å². The van der Waals surface area contributed by atoms with Crippen molar-refractivity contribution in [3.8, 4) is 5.75 Å². The van der Waals surface area contributed by atoms with Crippen LogP contribution in [-0.4, -0.2) is 17.3 Å². The van der Waals surface area contributed by atoms with Crippen LogP contribution in [0.5, 0.6) is 5.75 Å². The zero-order valence-corrected chi connectivity index (χ0v) is 13.7. The van der Waals surface area contributed by atoms with Crippen LogP contribution in [0.4, 0.5) is 5.69 Å².